The van der Waals surface area contributed by atoms with E-state index in [0.717, 1.165) is 28.6 Å². The second-order valence-corrected chi connectivity index (χ2v) is 9.85. The number of hydrazine groups is 1. The highest BCUT2D eigenvalue weighted by Crippen LogP contribution is 2.37. The molecule has 0 spiro atoms. The lowest BCUT2D eigenvalue weighted by Crippen LogP contribution is -2.45. The highest BCUT2D eigenvalue weighted by Gasteiger charge is 2.45. The minimum absolute atomic E-state index is 0.104. The van der Waals surface area contributed by atoms with Crippen LogP contribution in [0.15, 0.2) is 60.3 Å². The molecule has 0 aromatic heterocycles. The van der Waals surface area contributed by atoms with Gasteiger partial charge in [0.2, 0.25) is 0 Å². The van der Waals surface area contributed by atoms with Crippen molar-refractivity contribution in [3.63, 3.8) is 0 Å². The van der Waals surface area contributed by atoms with Gasteiger partial charge >= 0.3 is 6.18 Å². The van der Waals surface area contributed by atoms with Crippen LogP contribution in [-0.2, 0) is 4.79 Å². The first-order valence-electron chi connectivity index (χ1n) is 12.3. The molecule has 4 unspecified atom stereocenters. The Kier molecular flexibility index (Phi) is 7.53. The van der Waals surface area contributed by atoms with Crippen LogP contribution in [0.4, 0.5) is 18.9 Å². The number of nitrogens with zero attached hydrogens (tertiary/aromatic N) is 2. The zero-order chi connectivity index (χ0) is 26.0. The number of allylic oxidation sites excluding steroid dienone is 1. The van der Waals surface area contributed by atoms with Gasteiger partial charge in [0.1, 0.15) is 6.04 Å². The number of aliphatic hydroxyl groups excluding tert-OH is 1. The average Bonchev–Trinajstić information content (AvgIpc) is 3.59. The van der Waals surface area contributed by atoms with E-state index in [-0.39, 0.29) is 22.9 Å². The predicted molar refractivity (Wildman–Crippen MR) is 131 cm³/mol. The Bertz CT molecular complexity index is 1180. The maximum Gasteiger partial charge on any atom is 0.409 e. The van der Waals surface area contributed by atoms with Crippen molar-refractivity contribution in [2.24, 2.45) is 11.8 Å². The zero-order valence-electron chi connectivity index (χ0n) is 20.3. The third-order valence-electron chi connectivity index (χ3n) is 7.20. The zero-order valence-corrected chi connectivity index (χ0v) is 20.3. The van der Waals surface area contributed by atoms with Gasteiger partial charge in [0.25, 0.3) is 0 Å². The molecule has 1 heterocycles. The topological polar surface area (TPSA) is 76.4 Å². The molecular formula is C28H30F3N3O2. The summed E-state index contributed by atoms with van der Waals surface area (Å²) in [5.74, 6) is -0.662. The van der Waals surface area contributed by atoms with Gasteiger partial charge in [0.05, 0.1) is 29.1 Å². The maximum atomic E-state index is 13.6. The second kappa shape index (κ2) is 10.5. The third-order valence-corrected chi connectivity index (χ3v) is 7.20. The molecule has 1 saturated carbocycles. The Labute approximate surface area is 209 Å². The molecule has 0 radical (unpaired) electrons. The number of hydrogen-bond acceptors (Lipinski definition) is 5. The first-order chi connectivity index (χ1) is 17.1. The van der Waals surface area contributed by atoms with Gasteiger partial charge in [-0.2, -0.15) is 18.4 Å². The summed E-state index contributed by atoms with van der Waals surface area (Å²) >= 11 is 0. The minimum Gasteiger partial charge on any atom is -0.388 e. The molecule has 0 bridgehead atoms. The molecule has 4 rings (SSSR count). The number of anilines is 1. The summed E-state index contributed by atoms with van der Waals surface area (Å²) in [6.45, 7) is 3.57. The van der Waals surface area contributed by atoms with E-state index in [1.165, 1.54) is 18.9 Å². The van der Waals surface area contributed by atoms with Crippen LogP contribution in [0.3, 0.4) is 0 Å². The fraction of sp³-hybridized carbons (Fsp3) is 0.429. The van der Waals surface area contributed by atoms with Crippen LogP contribution < -0.4 is 10.4 Å². The Morgan fingerprint density at radius 1 is 1.17 bits per heavy atom. The van der Waals surface area contributed by atoms with Crippen molar-refractivity contribution in [1.29, 1.82) is 5.26 Å². The highest BCUT2D eigenvalue weighted by atomic mass is 19.4. The standard InChI is InChI=1S/C28H30F3N3O2/c1-17(21-6-4-7-22(14-21)25(35)12-11-19-9-10-19)18(2)27(36)24-15-26(28(29,30)31)33-34(24)23-8-3-5-20(13-23)16-32/h3-8,13-15,17-19,25-26,33,35H,9-12H2,1-2H3. The molecule has 8 heteroatoms. The lowest BCUT2D eigenvalue weighted by molar-refractivity contribution is -0.142. The number of nitrogens with one attached hydrogen (secondary N) is 1. The summed E-state index contributed by atoms with van der Waals surface area (Å²) in [7, 11) is 0. The van der Waals surface area contributed by atoms with Crippen LogP contribution in [0.2, 0.25) is 0 Å². The van der Waals surface area contributed by atoms with Crippen LogP contribution in [0.5, 0.6) is 0 Å². The Morgan fingerprint density at radius 2 is 1.86 bits per heavy atom. The maximum absolute atomic E-state index is 13.6. The Hall–Kier alpha value is -3.15. The van der Waals surface area contributed by atoms with Crippen molar-refractivity contribution < 1.29 is 23.1 Å². The molecule has 2 aromatic rings. The molecular weight excluding hydrogens is 467 g/mol. The first kappa shape index (κ1) is 25.9. The average molecular weight is 498 g/mol. The number of Topliss-reactive ketones (excluding diaryl/α,β-unsaturated/α-hetero) is 1. The van der Waals surface area contributed by atoms with Gasteiger partial charge in [-0.25, -0.2) is 5.43 Å². The van der Waals surface area contributed by atoms with Gasteiger partial charge in [-0.3, -0.25) is 9.80 Å². The van der Waals surface area contributed by atoms with E-state index in [1.807, 2.05) is 37.3 Å². The van der Waals surface area contributed by atoms with E-state index in [0.29, 0.717) is 12.3 Å². The highest BCUT2D eigenvalue weighted by molar-refractivity contribution is 6.01. The van der Waals surface area contributed by atoms with Crippen molar-refractivity contribution in [3.8, 4) is 6.07 Å². The number of ketones is 1. The smallest absolute Gasteiger partial charge is 0.388 e. The summed E-state index contributed by atoms with van der Waals surface area (Å²) in [6, 6.07) is 13.5. The van der Waals surface area contributed by atoms with Crippen molar-refractivity contribution >= 4 is 11.5 Å². The van der Waals surface area contributed by atoms with Gasteiger partial charge in [0.15, 0.2) is 5.78 Å². The van der Waals surface area contributed by atoms with Crippen LogP contribution >= 0.6 is 0 Å². The SMILES string of the molecule is CC(C(=O)C1=CC(C(F)(F)F)NN1c1cccc(C#N)c1)C(C)c1cccc(C(O)CCC2CC2)c1. The molecule has 2 aromatic carbocycles. The number of carbonyl (C=O) groups excluding carboxylic acids is 1. The predicted octanol–water partition coefficient (Wildman–Crippen LogP) is 5.93. The van der Waals surface area contributed by atoms with E-state index in [2.05, 4.69) is 5.43 Å². The van der Waals surface area contributed by atoms with Crippen molar-refractivity contribution in [3.05, 3.63) is 77.0 Å². The quantitative estimate of drug-likeness (QED) is 0.449. The Morgan fingerprint density at radius 3 is 2.53 bits per heavy atom. The fourth-order valence-corrected chi connectivity index (χ4v) is 4.53. The molecule has 4 atom stereocenters. The van der Waals surface area contributed by atoms with Gasteiger partial charge in [-0.15, -0.1) is 0 Å². The lowest BCUT2D eigenvalue weighted by atomic mass is 9.83. The van der Waals surface area contributed by atoms with E-state index in [4.69, 9.17) is 0 Å². The van der Waals surface area contributed by atoms with E-state index < -0.39 is 30.0 Å². The number of carbonyl (C=O) groups is 1. The van der Waals surface area contributed by atoms with Gasteiger partial charge in [-0.05, 0) is 60.1 Å². The summed E-state index contributed by atoms with van der Waals surface area (Å²) in [5.41, 5.74) is 4.44. The normalized spacial score (nSPS) is 20.4. The summed E-state index contributed by atoms with van der Waals surface area (Å²) < 4.78 is 40.7. The number of rotatable bonds is 9. The van der Waals surface area contributed by atoms with Gasteiger partial charge in [0, 0.05) is 5.92 Å². The minimum atomic E-state index is -4.59. The molecule has 1 aliphatic carbocycles. The number of nitriles is 1. The summed E-state index contributed by atoms with van der Waals surface area (Å²) in [5, 5.41) is 20.9. The third kappa shape index (κ3) is 5.80. The molecule has 2 N–H and O–H groups in total. The molecule has 0 amide bonds. The van der Waals surface area contributed by atoms with Crippen molar-refractivity contribution in [1.82, 2.24) is 5.43 Å². The number of alkyl halides is 3. The van der Waals surface area contributed by atoms with E-state index in [1.54, 1.807) is 25.1 Å². The largest absolute Gasteiger partial charge is 0.409 e. The molecule has 190 valence electrons. The second-order valence-electron chi connectivity index (χ2n) is 9.85. The first-order valence-corrected chi connectivity index (χ1v) is 12.3. The molecule has 2 aliphatic rings. The van der Waals surface area contributed by atoms with Crippen molar-refractivity contribution in [2.75, 3.05) is 5.01 Å². The van der Waals surface area contributed by atoms with Crippen LogP contribution in [-0.4, -0.2) is 23.1 Å². The number of hydrogen-bond donors (Lipinski definition) is 2. The molecule has 1 aliphatic heterocycles. The van der Waals surface area contributed by atoms with Gasteiger partial charge < -0.3 is 5.11 Å². The lowest BCUT2D eigenvalue weighted by Gasteiger charge is -2.27. The van der Waals surface area contributed by atoms with Crippen molar-refractivity contribution in [2.45, 2.75) is 63.8 Å². The Balaban J connectivity index is 1.56. The van der Waals surface area contributed by atoms with E-state index in [9.17, 15) is 28.3 Å². The molecule has 36 heavy (non-hydrogen) atoms. The summed E-state index contributed by atoms with van der Waals surface area (Å²) in [4.78, 5) is 13.5. The number of benzene rings is 2. The molecule has 5 nitrogen and oxygen atoms in total. The monoisotopic (exact) mass is 497 g/mol. The number of halogens is 3. The van der Waals surface area contributed by atoms with Crippen LogP contribution in [0, 0.1) is 23.2 Å². The molecule has 0 saturated heterocycles. The fourth-order valence-electron chi connectivity index (χ4n) is 4.53. The van der Waals surface area contributed by atoms with E-state index >= 15 is 0 Å². The number of aliphatic hydroxyl groups is 1. The summed E-state index contributed by atoms with van der Waals surface area (Å²) in [6.07, 6.45) is -0.149. The van der Waals surface area contributed by atoms with Gasteiger partial charge in [-0.1, -0.05) is 57.0 Å². The van der Waals surface area contributed by atoms with Crippen LogP contribution in [0.25, 0.3) is 0 Å². The molecule has 1 fully saturated rings. The van der Waals surface area contributed by atoms with Crippen LogP contribution in [0.1, 0.15) is 68.2 Å².